The van der Waals surface area contributed by atoms with E-state index in [9.17, 15) is 15.2 Å². The van der Waals surface area contributed by atoms with Crippen LogP contribution in [0.25, 0.3) is 0 Å². The Balaban J connectivity index is 1.59. The summed E-state index contributed by atoms with van der Waals surface area (Å²) in [5.41, 5.74) is 3.49. The highest BCUT2D eigenvalue weighted by Crippen LogP contribution is 2.23. The van der Waals surface area contributed by atoms with Gasteiger partial charge in [-0.1, -0.05) is 22.0 Å². The summed E-state index contributed by atoms with van der Waals surface area (Å²) in [6, 6.07) is 11.2. The highest BCUT2D eigenvalue weighted by Gasteiger charge is 2.17. The summed E-state index contributed by atoms with van der Waals surface area (Å²) in [7, 11) is 0. The third-order valence-electron chi connectivity index (χ3n) is 4.59. The zero-order valence-electron chi connectivity index (χ0n) is 17.2. The number of hydrazone groups is 1. The van der Waals surface area contributed by atoms with Crippen molar-refractivity contribution in [1.82, 2.24) is 15.0 Å². The number of nitro benzene ring substituents is 1. The SMILES string of the molecule is O=[N+]([O-])c1ccc(O)c(/C=N/Nc2nc(Nc3cccc(Br)c3)nc(N3CCOCC3)n2)c1. The van der Waals surface area contributed by atoms with E-state index < -0.39 is 4.92 Å². The molecule has 2 aromatic carbocycles. The van der Waals surface area contributed by atoms with E-state index in [-0.39, 0.29) is 22.9 Å². The van der Waals surface area contributed by atoms with Crippen LogP contribution in [-0.2, 0) is 4.74 Å². The molecule has 2 heterocycles. The van der Waals surface area contributed by atoms with Crippen LogP contribution >= 0.6 is 15.9 Å². The molecule has 0 unspecified atom stereocenters. The number of non-ortho nitro benzene ring substituents is 1. The summed E-state index contributed by atoms with van der Waals surface area (Å²) in [6.07, 6.45) is 1.25. The smallest absolute Gasteiger partial charge is 0.270 e. The fourth-order valence-corrected chi connectivity index (χ4v) is 3.39. The third kappa shape index (κ3) is 5.90. The maximum absolute atomic E-state index is 11.0. The van der Waals surface area contributed by atoms with Crippen molar-refractivity contribution < 1.29 is 14.8 Å². The van der Waals surface area contributed by atoms with Gasteiger partial charge >= 0.3 is 0 Å². The minimum Gasteiger partial charge on any atom is -0.507 e. The lowest BCUT2D eigenvalue weighted by Gasteiger charge is -2.27. The second-order valence-electron chi connectivity index (χ2n) is 6.89. The van der Waals surface area contributed by atoms with Crippen molar-refractivity contribution >= 4 is 51.4 Å². The van der Waals surface area contributed by atoms with E-state index in [0.717, 1.165) is 10.2 Å². The fourth-order valence-electron chi connectivity index (χ4n) is 2.99. The lowest BCUT2D eigenvalue weighted by molar-refractivity contribution is -0.384. The Morgan fingerprint density at radius 2 is 1.94 bits per heavy atom. The number of hydrogen-bond acceptors (Lipinski definition) is 11. The van der Waals surface area contributed by atoms with Gasteiger partial charge in [0, 0.05) is 40.9 Å². The van der Waals surface area contributed by atoms with Crippen molar-refractivity contribution in [2.45, 2.75) is 0 Å². The molecule has 1 saturated heterocycles. The van der Waals surface area contributed by atoms with Crippen LogP contribution in [0.2, 0.25) is 0 Å². The number of nitrogens with zero attached hydrogens (tertiary/aromatic N) is 6. The predicted molar refractivity (Wildman–Crippen MR) is 126 cm³/mol. The first-order valence-electron chi connectivity index (χ1n) is 9.86. The van der Waals surface area contributed by atoms with Crippen molar-refractivity contribution in [1.29, 1.82) is 0 Å². The number of nitro groups is 1. The number of nitrogens with one attached hydrogen (secondary N) is 2. The number of morpholine rings is 1. The number of rotatable bonds is 7. The zero-order valence-corrected chi connectivity index (χ0v) is 18.8. The monoisotopic (exact) mass is 514 g/mol. The first kappa shape index (κ1) is 22.4. The molecule has 0 saturated carbocycles. The average Bonchev–Trinajstić information content (AvgIpc) is 2.80. The first-order valence-corrected chi connectivity index (χ1v) is 10.6. The molecular formula is C20H19BrN8O4. The van der Waals surface area contributed by atoms with Gasteiger partial charge in [0.15, 0.2) is 0 Å². The number of benzene rings is 2. The van der Waals surface area contributed by atoms with Crippen molar-refractivity contribution in [3.05, 3.63) is 62.6 Å². The van der Waals surface area contributed by atoms with Gasteiger partial charge in [-0.2, -0.15) is 20.1 Å². The molecule has 1 aliphatic heterocycles. The first-order chi connectivity index (χ1) is 16.0. The molecular weight excluding hydrogens is 496 g/mol. The summed E-state index contributed by atoms with van der Waals surface area (Å²) < 4.78 is 6.30. The molecule has 1 aliphatic rings. The number of anilines is 4. The van der Waals surface area contributed by atoms with E-state index in [1.165, 1.54) is 24.4 Å². The van der Waals surface area contributed by atoms with Gasteiger partial charge in [0.2, 0.25) is 17.8 Å². The van der Waals surface area contributed by atoms with Gasteiger partial charge < -0.3 is 20.1 Å². The van der Waals surface area contributed by atoms with E-state index in [1.54, 1.807) is 0 Å². The molecule has 0 atom stereocenters. The Kier molecular flexibility index (Phi) is 6.90. The van der Waals surface area contributed by atoms with Gasteiger partial charge in [0.25, 0.3) is 5.69 Å². The summed E-state index contributed by atoms with van der Waals surface area (Å²) >= 11 is 3.43. The van der Waals surface area contributed by atoms with E-state index >= 15 is 0 Å². The number of phenols is 1. The van der Waals surface area contributed by atoms with Gasteiger partial charge in [0.1, 0.15) is 5.75 Å². The van der Waals surface area contributed by atoms with Gasteiger partial charge in [-0.25, -0.2) is 5.43 Å². The quantitative estimate of drug-likeness (QED) is 0.243. The topological polar surface area (TPSA) is 151 Å². The highest BCUT2D eigenvalue weighted by molar-refractivity contribution is 9.10. The van der Waals surface area contributed by atoms with Crippen molar-refractivity contribution in [3.63, 3.8) is 0 Å². The molecule has 0 aliphatic carbocycles. The molecule has 0 bridgehead atoms. The number of hydrogen-bond donors (Lipinski definition) is 3. The molecule has 33 heavy (non-hydrogen) atoms. The summed E-state index contributed by atoms with van der Waals surface area (Å²) in [5, 5.41) is 28.1. The molecule has 0 spiro atoms. The summed E-state index contributed by atoms with van der Waals surface area (Å²) in [4.78, 5) is 25.7. The molecule has 1 aromatic heterocycles. The lowest BCUT2D eigenvalue weighted by atomic mass is 10.2. The van der Waals surface area contributed by atoms with E-state index in [1.807, 2.05) is 29.2 Å². The Labute approximate surface area is 196 Å². The van der Waals surface area contributed by atoms with Crippen LogP contribution in [0.15, 0.2) is 52.0 Å². The van der Waals surface area contributed by atoms with E-state index in [0.29, 0.717) is 38.2 Å². The molecule has 3 aromatic rings. The van der Waals surface area contributed by atoms with Gasteiger partial charge in [0.05, 0.1) is 24.4 Å². The van der Waals surface area contributed by atoms with Gasteiger partial charge in [-0.3, -0.25) is 10.1 Å². The molecule has 13 heteroatoms. The van der Waals surface area contributed by atoms with Crippen molar-refractivity contribution in [3.8, 4) is 5.75 Å². The number of halogens is 1. The normalized spacial score (nSPS) is 13.8. The molecule has 4 rings (SSSR count). The number of aromatic hydroxyl groups is 1. The summed E-state index contributed by atoms with van der Waals surface area (Å²) in [5.74, 6) is 0.764. The zero-order chi connectivity index (χ0) is 23.2. The molecule has 12 nitrogen and oxygen atoms in total. The van der Waals surface area contributed by atoms with Gasteiger partial charge in [-0.15, -0.1) is 0 Å². The Hall–Kier alpha value is -3.84. The largest absolute Gasteiger partial charge is 0.507 e. The predicted octanol–water partition coefficient (Wildman–Crippen LogP) is 3.27. The molecule has 0 amide bonds. The standard InChI is InChI=1S/C20H19BrN8O4/c21-14-2-1-3-15(11-14)23-18-24-19(26-20(25-18)28-6-8-33-9-7-28)27-22-12-13-10-16(29(31)32)4-5-17(13)30/h1-5,10-12,30H,6-9H2,(H2,23,24,25,26,27)/b22-12+. The number of phenolic OH excluding ortho intramolecular Hbond substituents is 1. The molecule has 3 N–H and O–H groups in total. The molecule has 1 fully saturated rings. The van der Waals surface area contributed by atoms with Gasteiger partial charge in [-0.05, 0) is 24.3 Å². The van der Waals surface area contributed by atoms with E-state index in [4.69, 9.17) is 4.74 Å². The van der Waals surface area contributed by atoms with E-state index in [2.05, 4.69) is 46.7 Å². The Morgan fingerprint density at radius 3 is 2.70 bits per heavy atom. The minimum atomic E-state index is -0.551. The fraction of sp³-hybridized carbons (Fsp3) is 0.200. The highest BCUT2D eigenvalue weighted by atomic mass is 79.9. The second-order valence-corrected chi connectivity index (χ2v) is 7.80. The van der Waals surface area contributed by atoms with Crippen LogP contribution in [0.5, 0.6) is 5.75 Å². The van der Waals surface area contributed by atoms with Crippen LogP contribution in [-0.4, -0.2) is 57.5 Å². The summed E-state index contributed by atoms with van der Waals surface area (Å²) in [6.45, 7) is 2.38. The van der Waals surface area contributed by atoms with Crippen molar-refractivity contribution in [2.75, 3.05) is 41.9 Å². The Morgan fingerprint density at radius 1 is 1.15 bits per heavy atom. The van der Waals surface area contributed by atoms with Crippen LogP contribution in [0.4, 0.5) is 29.2 Å². The van der Waals surface area contributed by atoms with Crippen LogP contribution in [0.3, 0.4) is 0 Å². The Bertz CT molecular complexity index is 1190. The van der Waals surface area contributed by atoms with Crippen molar-refractivity contribution in [2.24, 2.45) is 5.10 Å². The number of aromatic nitrogens is 3. The molecule has 0 radical (unpaired) electrons. The third-order valence-corrected chi connectivity index (χ3v) is 5.08. The second kappa shape index (κ2) is 10.2. The van der Waals surface area contributed by atoms with Crippen LogP contribution in [0.1, 0.15) is 5.56 Å². The number of ether oxygens (including phenoxy) is 1. The maximum Gasteiger partial charge on any atom is 0.270 e. The lowest BCUT2D eigenvalue weighted by Crippen LogP contribution is -2.37. The van der Waals surface area contributed by atoms with Crippen LogP contribution < -0.4 is 15.6 Å². The molecule has 170 valence electrons. The minimum absolute atomic E-state index is 0.146. The average molecular weight is 515 g/mol. The maximum atomic E-state index is 11.0. The van der Waals surface area contributed by atoms with Crippen LogP contribution in [0, 0.1) is 10.1 Å².